The van der Waals surface area contributed by atoms with Crippen molar-refractivity contribution in [2.45, 2.75) is 39.2 Å². The van der Waals surface area contributed by atoms with Gasteiger partial charge < -0.3 is 10.4 Å². The van der Waals surface area contributed by atoms with Gasteiger partial charge in [-0.05, 0) is 13.0 Å². The number of nitrogens with one attached hydrogen (secondary N) is 1. The first kappa shape index (κ1) is 12.0. The van der Waals surface area contributed by atoms with E-state index < -0.39 is 5.97 Å². The molecule has 0 unspecified atom stereocenters. The van der Waals surface area contributed by atoms with Gasteiger partial charge in [-0.15, -0.1) is 0 Å². The Kier molecular flexibility index (Phi) is 2.87. The molecule has 0 saturated heterocycles. The number of carbonyl (C=O) groups is 1. The lowest BCUT2D eigenvalue weighted by Crippen LogP contribution is -2.30. The van der Waals surface area contributed by atoms with Gasteiger partial charge in [0.2, 0.25) is 0 Å². The Morgan fingerprint density at radius 1 is 1.35 bits per heavy atom. The zero-order valence-corrected chi connectivity index (χ0v) is 10.4. The summed E-state index contributed by atoms with van der Waals surface area (Å²) in [6.07, 6.45) is 0.682. The lowest BCUT2D eigenvalue weighted by molar-refractivity contribution is 0.0687. The third kappa shape index (κ3) is 2.29. The van der Waals surface area contributed by atoms with E-state index in [9.17, 15) is 9.90 Å². The highest BCUT2D eigenvalue weighted by Crippen LogP contribution is 2.23. The average Bonchev–Trinajstić information content (AvgIpc) is 2.26. The van der Waals surface area contributed by atoms with Crippen LogP contribution in [0.25, 0.3) is 0 Å². The SMILES string of the molecule is CC(C)(C)c1nc2c(c(C(=O)O)n1)CCNC2. The molecule has 2 rings (SSSR count). The monoisotopic (exact) mass is 235 g/mol. The molecule has 17 heavy (non-hydrogen) atoms. The normalized spacial score (nSPS) is 15.5. The van der Waals surface area contributed by atoms with Gasteiger partial charge in [0, 0.05) is 17.5 Å². The maximum absolute atomic E-state index is 11.2. The first-order valence-electron chi connectivity index (χ1n) is 5.74. The number of aromatic nitrogens is 2. The van der Waals surface area contributed by atoms with E-state index in [1.807, 2.05) is 20.8 Å². The largest absolute Gasteiger partial charge is 0.477 e. The first-order valence-corrected chi connectivity index (χ1v) is 5.74. The van der Waals surface area contributed by atoms with E-state index in [2.05, 4.69) is 15.3 Å². The minimum Gasteiger partial charge on any atom is -0.477 e. The molecular weight excluding hydrogens is 218 g/mol. The van der Waals surface area contributed by atoms with E-state index in [4.69, 9.17) is 0 Å². The number of hydrogen-bond donors (Lipinski definition) is 2. The number of carboxylic acid groups (broad SMARTS) is 1. The molecule has 0 saturated carbocycles. The summed E-state index contributed by atoms with van der Waals surface area (Å²) in [5.41, 5.74) is 1.54. The summed E-state index contributed by atoms with van der Waals surface area (Å²) in [5, 5.41) is 12.4. The summed E-state index contributed by atoms with van der Waals surface area (Å²) in [7, 11) is 0. The van der Waals surface area contributed by atoms with Gasteiger partial charge in [-0.2, -0.15) is 0 Å². The van der Waals surface area contributed by atoms with Crippen molar-refractivity contribution in [1.29, 1.82) is 0 Å². The van der Waals surface area contributed by atoms with Crippen molar-refractivity contribution >= 4 is 5.97 Å². The molecule has 1 aromatic heterocycles. The van der Waals surface area contributed by atoms with Gasteiger partial charge in [0.15, 0.2) is 5.69 Å². The molecule has 0 radical (unpaired) electrons. The van der Waals surface area contributed by atoms with Gasteiger partial charge in [0.1, 0.15) is 5.82 Å². The van der Waals surface area contributed by atoms with Crippen LogP contribution in [0.3, 0.4) is 0 Å². The minimum atomic E-state index is -0.962. The molecule has 0 fully saturated rings. The third-order valence-corrected chi connectivity index (χ3v) is 2.81. The molecule has 0 bridgehead atoms. The summed E-state index contributed by atoms with van der Waals surface area (Å²) in [6.45, 7) is 7.36. The van der Waals surface area contributed by atoms with Crippen molar-refractivity contribution in [3.63, 3.8) is 0 Å². The highest BCUT2D eigenvalue weighted by atomic mass is 16.4. The lowest BCUT2D eigenvalue weighted by atomic mass is 9.94. The second kappa shape index (κ2) is 4.07. The van der Waals surface area contributed by atoms with Crippen molar-refractivity contribution in [2.24, 2.45) is 0 Å². The van der Waals surface area contributed by atoms with Crippen LogP contribution >= 0.6 is 0 Å². The van der Waals surface area contributed by atoms with E-state index >= 15 is 0 Å². The molecule has 92 valence electrons. The van der Waals surface area contributed by atoms with Crippen LogP contribution in [0, 0.1) is 0 Å². The molecule has 0 aliphatic carbocycles. The summed E-state index contributed by atoms with van der Waals surface area (Å²) in [5.74, 6) is -0.367. The van der Waals surface area contributed by atoms with Gasteiger partial charge in [-0.25, -0.2) is 14.8 Å². The Hall–Kier alpha value is -1.49. The second-order valence-electron chi connectivity index (χ2n) is 5.30. The molecule has 0 spiro atoms. The van der Waals surface area contributed by atoms with Crippen LogP contribution in [0.1, 0.15) is 48.3 Å². The molecule has 1 aromatic rings. The van der Waals surface area contributed by atoms with E-state index in [0.29, 0.717) is 18.8 Å². The van der Waals surface area contributed by atoms with Gasteiger partial charge >= 0.3 is 5.97 Å². The van der Waals surface area contributed by atoms with Crippen molar-refractivity contribution in [3.05, 3.63) is 22.8 Å². The topological polar surface area (TPSA) is 75.1 Å². The smallest absolute Gasteiger partial charge is 0.354 e. The number of aromatic carboxylic acids is 1. The molecule has 1 aliphatic heterocycles. The maximum atomic E-state index is 11.2. The fourth-order valence-corrected chi connectivity index (χ4v) is 1.87. The highest BCUT2D eigenvalue weighted by Gasteiger charge is 2.26. The minimum absolute atomic E-state index is 0.168. The lowest BCUT2D eigenvalue weighted by Gasteiger charge is -2.23. The fraction of sp³-hybridized carbons (Fsp3) is 0.583. The van der Waals surface area contributed by atoms with Gasteiger partial charge in [-0.1, -0.05) is 20.8 Å². The van der Waals surface area contributed by atoms with Crippen LogP contribution in [0.4, 0.5) is 0 Å². The Balaban J connectivity index is 2.60. The molecule has 5 heteroatoms. The number of rotatable bonds is 1. The summed E-state index contributed by atoms with van der Waals surface area (Å²) in [4.78, 5) is 20.0. The second-order valence-corrected chi connectivity index (χ2v) is 5.30. The summed E-state index contributed by atoms with van der Waals surface area (Å²) in [6, 6.07) is 0. The Morgan fingerprint density at radius 3 is 2.65 bits per heavy atom. The Labute approximate surface area is 100 Å². The highest BCUT2D eigenvalue weighted by molar-refractivity contribution is 5.87. The van der Waals surface area contributed by atoms with Crippen molar-refractivity contribution in [2.75, 3.05) is 6.54 Å². The average molecular weight is 235 g/mol. The number of carboxylic acids is 1. The maximum Gasteiger partial charge on any atom is 0.354 e. The number of hydrogen-bond acceptors (Lipinski definition) is 4. The van der Waals surface area contributed by atoms with Crippen LogP contribution < -0.4 is 5.32 Å². The molecule has 0 aromatic carbocycles. The zero-order valence-electron chi connectivity index (χ0n) is 10.4. The van der Waals surface area contributed by atoms with Gasteiger partial charge in [0.25, 0.3) is 0 Å². The number of nitrogens with zero attached hydrogens (tertiary/aromatic N) is 2. The van der Waals surface area contributed by atoms with E-state index in [1.54, 1.807) is 0 Å². The predicted octanol–water partition coefficient (Wildman–Crippen LogP) is 1.12. The molecule has 2 N–H and O–H groups in total. The molecule has 0 amide bonds. The van der Waals surface area contributed by atoms with Crippen molar-refractivity contribution < 1.29 is 9.90 Å². The molecule has 2 heterocycles. The van der Waals surface area contributed by atoms with Crippen molar-refractivity contribution in [3.8, 4) is 0 Å². The van der Waals surface area contributed by atoms with Crippen LogP contribution in [-0.4, -0.2) is 27.6 Å². The van der Waals surface area contributed by atoms with Crippen molar-refractivity contribution in [1.82, 2.24) is 15.3 Å². The van der Waals surface area contributed by atoms with Crippen LogP contribution in [-0.2, 0) is 18.4 Å². The predicted molar refractivity (Wildman–Crippen MR) is 63.1 cm³/mol. The standard InChI is InChI=1S/C12H17N3O2/c1-12(2,3)11-14-8-6-13-5-4-7(8)9(15-11)10(16)17/h13H,4-6H2,1-3H3,(H,16,17). The first-order chi connectivity index (χ1) is 7.89. The molecule has 1 aliphatic rings. The molecule has 0 atom stereocenters. The number of fused-ring (bicyclic) bond motifs is 1. The van der Waals surface area contributed by atoms with Crippen LogP contribution in [0.5, 0.6) is 0 Å². The molecular formula is C12H17N3O2. The summed E-state index contributed by atoms with van der Waals surface area (Å²) < 4.78 is 0. The van der Waals surface area contributed by atoms with E-state index in [1.165, 1.54) is 0 Å². The quantitative estimate of drug-likeness (QED) is 0.763. The van der Waals surface area contributed by atoms with Gasteiger partial charge in [0.05, 0.1) is 5.69 Å². The Morgan fingerprint density at radius 2 is 2.06 bits per heavy atom. The van der Waals surface area contributed by atoms with E-state index in [-0.39, 0.29) is 11.1 Å². The summed E-state index contributed by atoms with van der Waals surface area (Å²) >= 11 is 0. The van der Waals surface area contributed by atoms with Gasteiger partial charge in [-0.3, -0.25) is 0 Å². The Bertz CT molecular complexity index is 464. The fourth-order valence-electron chi connectivity index (χ4n) is 1.87. The third-order valence-electron chi connectivity index (χ3n) is 2.81. The van der Waals surface area contributed by atoms with E-state index in [0.717, 1.165) is 17.8 Å². The van der Waals surface area contributed by atoms with Crippen LogP contribution in [0.2, 0.25) is 0 Å². The zero-order chi connectivity index (χ0) is 12.6. The molecule has 5 nitrogen and oxygen atoms in total. The van der Waals surface area contributed by atoms with Crippen LogP contribution in [0.15, 0.2) is 0 Å².